The topological polar surface area (TPSA) is 29.5 Å². The number of carbonyl (C=O) groups is 1. The quantitative estimate of drug-likeness (QED) is 0.782. The highest BCUT2D eigenvalue weighted by Crippen LogP contribution is 2.38. The van der Waals surface area contributed by atoms with E-state index in [1.807, 2.05) is 0 Å². The Morgan fingerprint density at radius 1 is 1.57 bits per heavy atom. The summed E-state index contributed by atoms with van der Waals surface area (Å²) in [5.74, 6) is -1.34. The average Bonchev–Trinajstić information content (AvgIpc) is 2.64. The van der Waals surface area contributed by atoms with Crippen LogP contribution in [0.4, 0.5) is 0 Å². The maximum atomic E-state index is 12.7. The summed E-state index contributed by atoms with van der Waals surface area (Å²) >= 11 is 0. The van der Waals surface area contributed by atoms with Crippen LogP contribution >= 0.6 is 0 Å². The second-order valence-corrected chi connectivity index (χ2v) is 5.26. The molecule has 1 saturated heterocycles. The molecule has 1 aliphatic rings. The van der Waals surface area contributed by atoms with E-state index < -0.39 is 75.6 Å². The third kappa shape index (κ3) is 4.57. The largest absolute Gasteiger partial charge is 0.466 e. The molecule has 0 atom stereocenters. The Bertz CT molecular complexity index is 927. The Morgan fingerprint density at radius 3 is 3.05 bits per heavy atom. The molecule has 0 aromatic heterocycles. The van der Waals surface area contributed by atoms with E-state index in [4.69, 9.17) is 17.8 Å². The Balaban J connectivity index is 2.60. The Labute approximate surface area is 146 Å². The molecule has 21 heavy (non-hydrogen) atoms. The number of ether oxygens (including phenoxy) is 1. The number of esters is 1. The lowest BCUT2D eigenvalue weighted by atomic mass is 9.71. The third-order valence-electron chi connectivity index (χ3n) is 3.42. The highest BCUT2D eigenvalue weighted by molar-refractivity contribution is 5.70. The van der Waals surface area contributed by atoms with Crippen LogP contribution in [0.1, 0.15) is 55.1 Å². The highest BCUT2D eigenvalue weighted by Gasteiger charge is 2.36. The van der Waals surface area contributed by atoms with E-state index in [2.05, 4.69) is 4.74 Å². The normalized spacial score (nSPS) is 33.5. The summed E-state index contributed by atoms with van der Waals surface area (Å²) in [4.78, 5) is 13.5. The molecule has 0 bridgehead atoms. The molecule has 0 spiro atoms. The van der Waals surface area contributed by atoms with Crippen LogP contribution < -0.4 is 0 Å². The number of rotatable bonds is 5. The van der Waals surface area contributed by atoms with Gasteiger partial charge in [0.2, 0.25) is 0 Å². The first-order chi connectivity index (χ1) is 15.1. The molecule has 3 heteroatoms. The number of nitrogens with zero attached hydrogens (tertiary/aromatic N) is 1. The van der Waals surface area contributed by atoms with Crippen molar-refractivity contribution in [2.45, 2.75) is 39.5 Å². The summed E-state index contributed by atoms with van der Waals surface area (Å²) < 4.78 is 107. The summed E-state index contributed by atoms with van der Waals surface area (Å²) in [7, 11) is 1.22. The van der Waals surface area contributed by atoms with E-state index in [9.17, 15) is 4.79 Å². The summed E-state index contributed by atoms with van der Waals surface area (Å²) in [6.45, 7) is -9.83. The van der Waals surface area contributed by atoms with Crippen LogP contribution in [-0.4, -0.2) is 37.5 Å². The van der Waals surface area contributed by atoms with Gasteiger partial charge in [-0.15, -0.1) is 0 Å². The standard InChI is InChI=1S/C18H27NO2/c1-4-21-17(20)14-18(8-10-19(3)11-9-18)13-16-7-5-6-15(2)12-16/h5-7,12H,4,8-11,13-14H2,1-3H3/i1D3,4D2,5D,6D,7D,10D2,11D2,12D. The van der Waals surface area contributed by atoms with E-state index in [1.54, 1.807) is 0 Å². The molecule has 0 radical (unpaired) electrons. The third-order valence-corrected chi connectivity index (χ3v) is 3.42. The van der Waals surface area contributed by atoms with Crippen LogP contribution in [0.3, 0.4) is 0 Å². The molecule has 116 valence electrons. The van der Waals surface area contributed by atoms with Crippen molar-refractivity contribution in [3.8, 4) is 0 Å². The zero-order valence-corrected chi connectivity index (χ0v) is 12.1. The van der Waals surface area contributed by atoms with Gasteiger partial charge in [0.15, 0.2) is 0 Å². The summed E-state index contributed by atoms with van der Waals surface area (Å²) in [6, 6.07) is -1.55. The fourth-order valence-corrected chi connectivity index (χ4v) is 2.36. The van der Waals surface area contributed by atoms with Crippen molar-refractivity contribution in [3.63, 3.8) is 0 Å². The average molecular weight is 302 g/mol. The Kier molecular flexibility index (Phi) is 2.03. The molecular formula is C18H27NO2. The fraction of sp³-hybridized carbons (Fsp3) is 0.611. The zero-order chi connectivity index (χ0) is 26.7. The lowest BCUT2D eigenvalue weighted by Gasteiger charge is -2.40. The molecule has 0 unspecified atom stereocenters. The highest BCUT2D eigenvalue weighted by atomic mass is 16.5. The minimum Gasteiger partial charge on any atom is -0.466 e. The number of hydrogen-bond donors (Lipinski definition) is 0. The van der Waals surface area contributed by atoms with Crippen LogP contribution in [0.25, 0.3) is 0 Å². The van der Waals surface area contributed by atoms with Crippen LogP contribution in [0.5, 0.6) is 0 Å². The van der Waals surface area contributed by atoms with E-state index >= 15 is 0 Å². The van der Waals surface area contributed by atoms with Gasteiger partial charge in [0.05, 0.1) is 21.2 Å². The second-order valence-electron chi connectivity index (χ2n) is 5.26. The Hall–Kier alpha value is -1.35. The van der Waals surface area contributed by atoms with Crippen molar-refractivity contribution >= 4 is 5.97 Å². The van der Waals surface area contributed by atoms with Gasteiger partial charge in [-0.25, -0.2) is 0 Å². The molecule has 0 amide bonds. The zero-order valence-electron chi connectivity index (χ0n) is 25.1. The van der Waals surface area contributed by atoms with E-state index in [0.717, 1.165) is 4.90 Å². The minimum absolute atomic E-state index is 0.0821. The van der Waals surface area contributed by atoms with E-state index in [0.29, 0.717) is 0 Å². The molecule has 1 aliphatic heterocycles. The van der Waals surface area contributed by atoms with Crippen LogP contribution in [0, 0.1) is 12.3 Å². The minimum atomic E-state index is -3.34. The summed E-state index contributed by atoms with van der Waals surface area (Å²) in [5.41, 5.74) is -1.64. The van der Waals surface area contributed by atoms with E-state index in [-0.39, 0.29) is 23.2 Å². The number of hydrogen-bond acceptors (Lipinski definition) is 3. The van der Waals surface area contributed by atoms with Gasteiger partial charge < -0.3 is 9.64 Å². The molecule has 0 saturated carbocycles. The first kappa shape index (κ1) is 6.04. The van der Waals surface area contributed by atoms with Gasteiger partial charge in [-0.1, -0.05) is 29.7 Å². The summed E-state index contributed by atoms with van der Waals surface area (Å²) in [5, 5.41) is 0. The number of benzene rings is 1. The van der Waals surface area contributed by atoms with Crippen molar-refractivity contribution in [3.05, 3.63) is 35.3 Å². The van der Waals surface area contributed by atoms with Gasteiger partial charge >= 0.3 is 5.97 Å². The fourth-order valence-electron chi connectivity index (χ4n) is 2.36. The van der Waals surface area contributed by atoms with Crippen molar-refractivity contribution in [1.82, 2.24) is 4.90 Å². The second kappa shape index (κ2) is 7.08. The molecule has 1 heterocycles. The van der Waals surface area contributed by atoms with Gasteiger partial charge in [0, 0.05) is 9.60 Å². The first-order valence-electron chi connectivity index (χ1n) is 13.1. The van der Waals surface area contributed by atoms with Crippen molar-refractivity contribution in [2.24, 2.45) is 5.41 Å². The van der Waals surface area contributed by atoms with Crippen LogP contribution in [0.2, 0.25) is 0 Å². The van der Waals surface area contributed by atoms with Gasteiger partial charge in [0.25, 0.3) is 0 Å². The monoisotopic (exact) mass is 302 g/mol. The van der Waals surface area contributed by atoms with E-state index in [1.165, 1.54) is 14.0 Å². The molecule has 3 nitrogen and oxygen atoms in total. The smallest absolute Gasteiger partial charge is 0.306 e. The maximum Gasteiger partial charge on any atom is 0.306 e. The molecular weight excluding hydrogens is 262 g/mol. The SMILES string of the molecule is [2H]c1c([2H])c(C)c([2H])c(CC2(CC(=O)OC([2H])([2H])C([2H])([2H])[2H])CC([2H])([2H])N(C)C([2H])([2H])C2)c1[2H]. The molecule has 0 aliphatic carbocycles. The first-order valence-corrected chi connectivity index (χ1v) is 6.59. The van der Waals surface area contributed by atoms with Gasteiger partial charge in [-0.05, 0) is 64.1 Å². The Morgan fingerprint density at radius 2 is 2.33 bits per heavy atom. The van der Waals surface area contributed by atoms with Gasteiger partial charge in [-0.2, -0.15) is 0 Å². The number of piperidine rings is 1. The van der Waals surface area contributed by atoms with Crippen LogP contribution in [-0.2, 0) is 16.0 Å². The molecule has 2 rings (SSSR count). The molecule has 1 aromatic carbocycles. The molecule has 0 N–H and O–H groups in total. The number of carbonyl (C=O) groups excluding carboxylic acids is 1. The van der Waals surface area contributed by atoms with Crippen LogP contribution in [0.15, 0.2) is 24.2 Å². The number of likely N-dealkylation sites (tertiary alicyclic amines) is 1. The van der Waals surface area contributed by atoms with Gasteiger partial charge in [-0.3, -0.25) is 4.79 Å². The molecule has 1 aromatic rings. The maximum absolute atomic E-state index is 12.7. The summed E-state index contributed by atoms with van der Waals surface area (Å²) in [6.07, 6.45) is -2.15. The van der Waals surface area contributed by atoms with Gasteiger partial charge in [0.1, 0.15) is 0 Å². The lowest BCUT2D eigenvalue weighted by molar-refractivity contribution is -0.146. The lowest BCUT2D eigenvalue weighted by Crippen LogP contribution is -2.40. The van der Waals surface area contributed by atoms with Crippen molar-refractivity contribution in [1.29, 1.82) is 0 Å². The predicted octanol–water partition coefficient (Wildman–Crippen LogP) is 3.20. The molecule has 1 fully saturated rings. The predicted molar refractivity (Wildman–Crippen MR) is 85.3 cm³/mol. The van der Waals surface area contributed by atoms with Crippen molar-refractivity contribution in [2.75, 3.05) is 26.6 Å². The van der Waals surface area contributed by atoms with Crippen molar-refractivity contribution < 1.29 is 27.4 Å².